The molecule has 2 aromatic rings. The zero-order valence-corrected chi connectivity index (χ0v) is 9.91. The average molecular weight is 224 g/mol. The van der Waals surface area contributed by atoms with Crippen LogP contribution in [-0.2, 0) is 6.42 Å². The van der Waals surface area contributed by atoms with Gasteiger partial charge in [-0.1, -0.05) is 32.4 Å². The quantitative estimate of drug-likeness (QED) is 0.733. The maximum absolute atomic E-state index is 6.14. The molecule has 0 saturated heterocycles. The molecule has 0 saturated carbocycles. The summed E-state index contributed by atoms with van der Waals surface area (Å²) in [6.45, 7) is 6.28. The Kier molecular flexibility index (Phi) is 2.65. The Morgan fingerprint density at radius 2 is 2.13 bits per heavy atom. The molecule has 0 aliphatic heterocycles. The predicted octanol–water partition coefficient (Wildman–Crippen LogP) is 3.07. The second-order valence-electron chi connectivity index (χ2n) is 3.92. The lowest BCUT2D eigenvalue weighted by molar-refractivity contribution is 0.804. The van der Waals surface area contributed by atoms with Crippen LogP contribution < -0.4 is 0 Å². The van der Waals surface area contributed by atoms with Crippen molar-refractivity contribution >= 4 is 17.2 Å². The molecule has 0 bridgehead atoms. The van der Waals surface area contributed by atoms with Gasteiger partial charge in [-0.15, -0.1) is 0 Å². The van der Waals surface area contributed by atoms with E-state index in [4.69, 9.17) is 11.6 Å². The smallest absolute Gasteiger partial charge is 0.157 e. The van der Waals surface area contributed by atoms with Crippen molar-refractivity contribution in [3.63, 3.8) is 0 Å². The second kappa shape index (κ2) is 3.81. The molecule has 0 aromatic carbocycles. The van der Waals surface area contributed by atoms with Crippen LogP contribution >= 0.6 is 11.6 Å². The topological polar surface area (TPSA) is 30.2 Å². The number of halogens is 1. The van der Waals surface area contributed by atoms with Gasteiger partial charge in [0.1, 0.15) is 5.15 Å². The second-order valence-corrected chi connectivity index (χ2v) is 4.30. The molecule has 0 spiro atoms. The maximum atomic E-state index is 6.14. The largest absolute Gasteiger partial charge is 0.233 e. The Morgan fingerprint density at radius 1 is 1.40 bits per heavy atom. The molecule has 15 heavy (non-hydrogen) atoms. The Hall–Kier alpha value is -1.09. The van der Waals surface area contributed by atoms with Gasteiger partial charge in [0, 0.05) is 11.8 Å². The Balaban J connectivity index is 2.65. The van der Waals surface area contributed by atoms with E-state index in [2.05, 4.69) is 30.9 Å². The van der Waals surface area contributed by atoms with Crippen LogP contribution in [0.2, 0.25) is 5.15 Å². The molecule has 0 radical (unpaired) electrons. The number of fused-ring (bicyclic) bond motifs is 1. The van der Waals surface area contributed by atoms with E-state index in [1.54, 1.807) is 4.52 Å². The highest BCUT2D eigenvalue weighted by atomic mass is 35.5. The van der Waals surface area contributed by atoms with Crippen molar-refractivity contribution in [2.45, 2.75) is 33.1 Å². The van der Waals surface area contributed by atoms with Crippen LogP contribution in [0.1, 0.15) is 38.1 Å². The SMILES string of the molecule is CCc1cc2nc(C(C)C)cc(Cl)n2n1. The summed E-state index contributed by atoms with van der Waals surface area (Å²) < 4.78 is 1.69. The zero-order chi connectivity index (χ0) is 11.0. The summed E-state index contributed by atoms with van der Waals surface area (Å²) in [6.07, 6.45) is 0.900. The summed E-state index contributed by atoms with van der Waals surface area (Å²) in [5.41, 5.74) is 2.86. The number of rotatable bonds is 2. The molecule has 0 unspecified atom stereocenters. The zero-order valence-electron chi connectivity index (χ0n) is 9.16. The maximum Gasteiger partial charge on any atom is 0.157 e. The molecule has 0 N–H and O–H groups in total. The first-order valence-electron chi connectivity index (χ1n) is 5.17. The highest BCUT2D eigenvalue weighted by Gasteiger charge is 2.09. The minimum absolute atomic E-state index is 0.382. The third kappa shape index (κ3) is 1.84. The van der Waals surface area contributed by atoms with Crippen molar-refractivity contribution < 1.29 is 0 Å². The first kappa shape index (κ1) is 10.4. The summed E-state index contributed by atoms with van der Waals surface area (Å²) in [4.78, 5) is 4.52. The lowest BCUT2D eigenvalue weighted by atomic mass is 10.1. The van der Waals surface area contributed by atoms with Crippen molar-refractivity contribution in [1.82, 2.24) is 14.6 Å². The summed E-state index contributed by atoms with van der Waals surface area (Å²) in [6, 6.07) is 3.86. The molecule has 0 amide bonds. The molecule has 2 aromatic heterocycles. The highest BCUT2D eigenvalue weighted by Crippen LogP contribution is 2.19. The van der Waals surface area contributed by atoms with E-state index in [0.717, 1.165) is 23.5 Å². The molecule has 2 rings (SSSR count). The van der Waals surface area contributed by atoms with Crippen LogP contribution in [0.4, 0.5) is 0 Å². The summed E-state index contributed by atoms with van der Waals surface area (Å²) in [5, 5.41) is 4.98. The van der Waals surface area contributed by atoms with E-state index in [0.29, 0.717) is 11.1 Å². The van der Waals surface area contributed by atoms with Gasteiger partial charge in [-0.25, -0.2) is 9.50 Å². The van der Waals surface area contributed by atoms with Gasteiger partial charge in [0.15, 0.2) is 5.65 Å². The van der Waals surface area contributed by atoms with Crippen molar-refractivity contribution in [3.8, 4) is 0 Å². The van der Waals surface area contributed by atoms with Gasteiger partial charge in [0.05, 0.1) is 5.69 Å². The van der Waals surface area contributed by atoms with Gasteiger partial charge < -0.3 is 0 Å². The molecule has 0 fully saturated rings. The minimum atomic E-state index is 0.382. The van der Waals surface area contributed by atoms with E-state index >= 15 is 0 Å². The summed E-state index contributed by atoms with van der Waals surface area (Å²) in [5.74, 6) is 0.382. The van der Waals surface area contributed by atoms with Crippen molar-refractivity contribution in [3.05, 3.63) is 28.7 Å². The standard InChI is InChI=1S/C11H14ClN3/c1-4-8-5-11-13-9(7(2)3)6-10(12)15(11)14-8/h5-7H,4H2,1-3H3. The van der Waals surface area contributed by atoms with Gasteiger partial charge in [0.2, 0.25) is 0 Å². The van der Waals surface area contributed by atoms with Crippen LogP contribution in [0.3, 0.4) is 0 Å². The lowest BCUT2D eigenvalue weighted by Gasteiger charge is -2.05. The summed E-state index contributed by atoms with van der Waals surface area (Å²) >= 11 is 6.14. The van der Waals surface area contributed by atoms with Gasteiger partial charge in [0.25, 0.3) is 0 Å². The fourth-order valence-electron chi connectivity index (χ4n) is 1.47. The fourth-order valence-corrected chi connectivity index (χ4v) is 1.71. The van der Waals surface area contributed by atoms with E-state index in [1.165, 1.54) is 0 Å². The number of nitrogens with zero attached hydrogens (tertiary/aromatic N) is 3. The molecule has 0 aliphatic carbocycles. The number of aromatic nitrogens is 3. The molecule has 4 heteroatoms. The Morgan fingerprint density at radius 3 is 2.73 bits per heavy atom. The first-order valence-corrected chi connectivity index (χ1v) is 5.54. The van der Waals surface area contributed by atoms with Crippen molar-refractivity contribution in [1.29, 1.82) is 0 Å². The first-order chi connectivity index (χ1) is 7.11. The van der Waals surface area contributed by atoms with Gasteiger partial charge in [-0.3, -0.25) is 0 Å². The molecular formula is C11H14ClN3. The van der Waals surface area contributed by atoms with E-state index in [-0.39, 0.29) is 0 Å². The number of hydrogen-bond acceptors (Lipinski definition) is 2. The van der Waals surface area contributed by atoms with Crippen LogP contribution in [0.15, 0.2) is 12.1 Å². The van der Waals surface area contributed by atoms with Gasteiger partial charge in [-0.05, 0) is 18.4 Å². The third-order valence-electron chi connectivity index (χ3n) is 2.41. The van der Waals surface area contributed by atoms with Crippen LogP contribution in [0, 0.1) is 0 Å². The van der Waals surface area contributed by atoms with Crippen molar-refractivity contribution in [2.75, 3.05) is 0 Å². The Bertz CT molecular complexity index is 488. The van der Waals surface area contributed by atoms with Crippen molar-refractivity contribution in [2.24, 2.45) is 0 Å². The normalized spacial score (nSPS) is 11.5. The average Bonchev–Trinajstić information content (AvgIpc) is 2.61. The predicted molar refractivity (Wildman–Crippen MR) is 61.5 cm³/mol. The van der Waals surface area contributed by atoms with Crippen LogP contribution in [0.5, 0.6) is 0 Å². The molecule has 2 heterocycles. The van der Waals surface area contributed by atoms with E-state index in [1.807, 2.05) is 12.1 Å². The van der Waals surface area contributed by atoms with Crippen LogP contribution in [-0.4, -0.2) is 14.6 Å². The van der Waals surface area contributed by atoms with Gasteiger partial charge in [-0.2, -0.15) is 5.10 Å². The van der Waals surface area contributed by atoms with E-state index < -0.39 is 0 Å². The molecule has 0 atom stereocenters. The lowest BCUT2D eigenvalue weighted by Crippen LogP contribution is -1.98. The van der Waals surface area contributed by atoms with E-state index in [9.17, 15) is 0 Å². The minimum Gasteiger partial charge on any atom is -0.233 e. The molecule has 80 valence electrons. The molecule has 0 aliphatic rings. The summed E-state index contributed by atoms with van der Waals surface area (Å²) in [7, 11) is 0. The monoisotopic (exact) mass is 223 g/mol. The van der Waals surface area contributed by atoms with Gasteiger partial charge >= 0.3 is 0 Å². The van der Waals surface area contributed by atoms with Crippen LogP contribution in [0.25, 0.3) is 5.65 Å². The highest BCUT2D eigenvalue weighted by molar-refractivity contribution is 6.29. The molecular weight excluding hydrogens is 210 g/mol. The number of aryl methyl sites for hydroxylation is 1. The Labute approximate surface area is 94.1 Å². The third-order valence-corrected chi connectivity index (χ3v) is 2.68. The number of hydrogen-bond donors (Lipinski definition) is 0. The molecule has 3 nitrogen and oxygen atoms in total. The fraction of sp³-hybridized carbons (Fsp3) is 0.455.